The summed E-state index contributed by atoms with van der Waals surface area (Å²) < 4.78 is 5.80. The molecule has 4 aliphatic rings. The third-order valence-electron chi connectivity index (χ3n) is 10.9. The van der Waals surface area contributed by atoms with E-state index < -0.39 is 5.60 Å². The van der Waals surface area contributed by atoms with Gasteiger partial charge >= 0.3 is 0 Å². The number of hydrogen-bond acceptors (Lipinski definition) is 4. The molecule has 9 atom stereocenters. The predicted octanol–water partition coefficient (Wildman–Crippen LogP) is 5.60. The van der Waals surface area contributed by atoms with Gasteiger partial charge in [-0.05, 0) is 119 Å². The lowest BCUT2D eigenvalue weighted by molar-refractivity contribution is -0.150. The fourth-order valence-electron chi connectivity index (χ4n) is 9.05. The topological polar surface area (TPSA) is 66.5 Å². The molecule has 0 saturated heterocycles. The van der Waals surface area contributed by atoms with E-state index in [0.29, 0.717) is 29.6 Å². The Morgan fingerprint density at radius 1 is 0.968 bits per heavy atom. The number of hydrogen-bond donors (Lipinski definition) is 2. The van der Waals surface area contributed by atoms with Gasteiger partial charge < -0.3 is 14.6 Å². The molecule has 5 rings (SSSR count). The minimum absolute atomic E-state index is 0.237. The maximum atomic E-state index is 11.3. The lowest BCUT2D eigenvalue weighted by Crippen LogP contribution is -2.55. The smallest absolute Gasteiger partial charge is 0.197 e. The number of aliphatic hydroxyl groups excluding tert-OH is 1. The molecule has 0 bridgehead atoms. The summed E-state index contributed by atoms with van der Waals surface area (Å²) >= 11 is 0. The van der Waals surface area contributed by atoms with Crippen molar-refractivity contribution in [2.24, 2.45) is 40.4 Å². The lowest BCUT2D eigenvalue weighted by Gasteiger charge is -2.62. The second-order valence-electron chi connectivity index (χ2n) is 12.6. The highest BCUT2D eigenvalue weighted by atomic mass is 16.4. The monoisotopic (exact) mass is 429 g/mol. The molecule has 4 saturated carbocycles. The number of aryl methyl sites for hydroxylation is 2. The second-order valence-corrected chi connectivity index (χ2v) is 12.6. The van der Waals surface area contributed by atoms with E-state index in [1.54, 1.807) is 0 Å². The Bertz CT molecular complexity index is 811. The first-order valence-electron chi connectivity index (χ1n) is 12.9. The molecular weight excluding hydrogens is 386 g/mol. The van der Waals surface area contributed by atoms with Gasteiger partial charge in [0.2, 0.25) is 0 Å². The first-order chi connectivity index (χ1) is 14.5. The quantitative estimate of drug-likeness (QED) is 0.656. The van der Waals surface area contributed by atoms with Crippen LogP contribution in [-0.2, 0) is 6.42 Å². The fraction of sp³-hybridized carbons (Fsp3) is 0.889. The molecule has 1 unspecified atom stereocenters. The minimum atomic E-state index is -0.459. The maximum Gasteiger partial charge on any atom is 0.197 e. The van der Waals surface area contributed by atoms with E-state index in [2.05, 4.69) is 25.8 Å². The Balaban J connectivity index is 1.33. The SMILES string of the molecule is Cc1nc(C[C@@H](O)[C@H]2CC[C@H]3[C@@H]4CC[C@@H]5C[C@](C)(O)CCC5(C)[C@H]4CC[C@]23C)oc1C. The highest BCUT2D eigenvalue weighted by Gasteiger charge is 2.61. The van der Waals surface area contributed by atoms with Gasteiger partial charge in [0.15, 0.2) is 5.89 Å². The summed E-state index contributed by atoms with van der Waals surface area (Å²) in [4.78, 5) is 4.53. The van der Waals surface area contributed by atoms with Crippen LogP contribution < -0.4 is 0 Å². The van der Waals surface area contributed by atoms with Gasteiger partial charge in [0.1, 0.15) is 5.76 Å². The third kappa shape index (κ3) is 3.42. The van der Waals surface area contributed by atoms with E-state index >= 15 is 0 Å². The van der Waals surface area contributed by atoms with E-state index in [-0.39, 0.29) is 11.5 Å². The van der Waals surface area contributed by atoms with Crippen molar-refractivity contribution in [1.29, 1.82) is 0 Å². The van der Waals surface area contributed by atoms with Crippen LogP contribution in [0.2, 0.25) is 0 Å². The van der Waals surface area contributed by atoms with Crippen molar-refractivity contribution < 1.29 is 14.6 Å². The Morgan fingerprint density at radius 2 is 1.71 bits per heavy atom. The Labute approximate surface area is 188 Å². The van der Waals surface area contributed by atoms with E-state index in [4.69, 9.17) is 4.42 Å². The fourth-order valence-corrected chi connectivity index (χ4v) is 9.05. The highest BCUT2D eigenvalue weighted by Crippen LogP contribution is 2.68. The summed E-state index contributed by atoms with van der Waals surface area (Å²) in [7, 11) is 0. The van der Waals surface area contributed by atoms with Gasteiger partial charge in [0.05, 0.1) is 23.8 Å². The van der Waals surface area contributed by atoms with Crippen LogP contribution in [0.5, 0.6) is 0 Å². The van der Waals surface area contributed by atoms with Gasteiger partial charge in [-0.15, -0.1) is 0 Å². The van der Waals surface area contributed by atoms with Crippen LogP contribution in [0.25, 0.3) is 0 Å². The Kier molecular flexibility index (Phi) is 5.18. The Morgan fingerprint density at radius 3 is 2.42 bits per heavy atom. The molecule has 31 heavy (non-hydrogen) atoms. The summed E-state index contributed by atoms with van der Waals surface area (Å²) in [6.07, 6.45) is 10.9. The molecule has 4 nitrogen and oxygen atoms in total. The highest BCUT2D eigenvalue weighted by molar-refractivity contribution is 5.12. The minimum Gasteiger partial charge on any atom is -0.446 e. The van der Waals surface area contributed by atoms with E-state index in [1.807, 2.05) is 13.8 Å². The van der Waals surface area contributed by atoms with Crippen molar-refractivity contribution >= 4 is 0 Å². The largest absolute Gasteiger partial charge is 0.446 e. The van der Waals surface area contributed by atoms with Crippen LogP contribution in [0.4, 0.5) is 0 Å². The van der Waals surface area contributed by atoms with Gasteiger partial charge in [-0.25, -0.2) is 4.98 Å². The standard InChI is InChI=1S/C27H43NO3/c1-16-17(2)31-24(28-16)14-23(29)22-9-8-20-19-7-6-18-15-25(3,30)12-13-26(18,4)21(19)10-11-27(20,22)5/h18-23,29-30H,6-15H2,1-5H3/t18-,19+,20+,21+,22-,23-,25-,26?,27+/m1/s1. The van der Waals surface area contributed by atoms with Crippen molar-refractivity contribution in [3.8, 4) is 0 Å². The molecule has 0 radical (unpaired) electrons. The molecule has 0 aromatic carbocycles. The number of rotatable bonds is 3. The van der Waals surface area contributed by atoms with Gasteiger partial charge in [0.25, 0.3) is 0 Å². The lowest BCUT2D eigenvalue weighted by atomic mass is 9.44. The van der Waals surface area contributed by atoms with Crippen molar-refractivity contribution in [2.75, 3.05) is 0 Å². The maximum absolute atomic E-state index is 11.3. The van der Waals surface area contributed by atoms with Crippen molar-refractivity contribution in [2.45, 2.75) is 111 Å². The van der Waals surface area contributed by atoms with Crippen LogP contribution in [0.15, 0.2) is 4.42 Å². The molecule has 0 aliphatic heterocycles. The molecule has 2 N–H and O–H groups in total. The molecule has 0 spiro atoms. The van der Waals surface area contributed by atoms with Crippen molar-refractivity contribution in [1.82, 2.24) is 4.98 Å². The van der Waals surface area contributed by atoms with Crippen LogP contribution in [0.3, 0.4) is 0 Å². The molecule has 1 heterocycles. The van der Waals surface area contributed by atoms with Gasteiger partial charge in [-0.2, -0.15) is 0 Å². The number of aliphatic hydroxyl groups is 2. The molecule has 0 amide bonds. The molecule has 4 heteroatoms. The molecule has 4 fully saturated rings. The van der Waals surface area contributed by atoms with Crippen LogP contribution >= 0.6 is 0 Å². The first kappa shape index (κ1) is 21.9. The summed E-state index contributed by atoms with van der Waals surface area (Å²) in [5.74, 6) is 4.93. The zero-order valence-electron chi connectivity index (χ0n) is 20.3. The number of oxazole rings is 1. The van der Waals surface area contributed by atoms with Gasteiger partial charge in [-0.3, -0.25) is 0 Å². The average Bonchev–Trinajstić information content (AvgIpc) is 3.20. The summed E-state index contributed by atoms with van der Waals surface area (Å²) in [6, 6.07) is 0. The molecule has 1 aromatic heterocycles. The summed E-state index contributed by atoms with van der Waals surface area (Å²) in [6.45, 7) is 11.0. The zero-order valence-corrected chi connectivity index (χ0v) is 20.3. The van der Waals surface area contributed by atoms with Crippen LogP contribution in [0, 0.1) is 54.3 Å². The molecule has 174 valence electrons. The van der Waals surface area contributed by atoms with Crippen molar-refractivity contribution in [3.05, 3.63) is 17.3 Å². The molecule has 4 aliphatic carbocycles. The summed E-state index contributed by atoms with van der Waals surface area (Å²) in [5.41, 5.74) is 1.12. The average molecular weight is 430 g/mol. The number of aromatic nitrogens is 1. The second kappa shape index (κ2) is 7.32. The summed E-state index contributed by atoms with van der Waals surface area (Å²) in [5, 5.41) is 22.0. The van der Waals surface area contributed by atoms with Crippen molar-refractivity contribution in [3.63, 3.8) is 0 Å². The number of nitrogens with zero attached hydrogens (tertiary/aromatic N) is 1. The van der Waals surface area contributed by atoms with Gasteiger partial charge in [0, 0.05) is 0 Å². The normalized spacial score (nSPS) is 48.0. The van der Waals surface area contributed by atoms with E-state index in [9.17, 15) is 10.2 Å². The number of fused-ring (bicyclic) bond motifs is 5. The molecule has 1 aromatic rings. The zero-order chi connectivity index (χ0) is 22.2. The third-order valence-corrected chi connectivity index (χ3v) is 10.9. The van der Waals surface area contributed by atoms with E-state index in [1.165, 1.54) is 38.5 Å². The first-order valence-corrected chi connectivity index (χ1v) is 12.9. The molecular formula is C27H43NO3. The predicted molar refractivity (Wildman–Crippen MR) is 122 cm³/mol. The van der Waals surface area contributed by atoms with Crippen LogP contribution in [0.1, 0.15) is 95.9 Å². The van der Waals surface area contributed by atoms with Crippen LogP contribution in [-0.4, -0.2) is 26.9 Å². The Hall–Kier alpha value is -0.870. The van der Waals surface area contributed by atoms with Gasteiger partial charge in [-0.1, -0.05) is 13.8 Å². The van der Waals surface area contributed by atoms with E-state index in [0.717, 1.165) is 48.5 Å².